The van der Waals surface area contributed by atoms with Crippen molar-refractivity contribution in [2.24, 2.45) is 0 Å². The number of hydrogen-bond donors (Lipinski definition) is 1. The highest BCUT2D eigenvalue weighted by atomic mass is 32.2. The van der Waals surface area contributed by atoms with Crippen LogP contribution in [0.3, 0.4) is 0 Å². The lowest BCUT2D eigenvalue weighted by Crippen LogP contribution is -2.36. The number of hydrogen-bond acceptors (Lipinski definition) is 5. The summed E-state index contributed by atoms with van der Waals surface area (Å²) in [5.41, 5.74) is 2.40. The molecule has 7 heteroatoms. The summed E-state index contributed by atoms with van der Waals surface area (Å²) >= 11 is 1.53. The minimum absolute atomic E-state index is 0.0180. The number of amides is 2. The SMILES string of the molecule is Cc1ccc(CSCC(=O)N(C)CC(=O)Nc2cc(C)on2)cc1. The third kappa shape index (κ3) is 5.73. The Morgan fingerprint density at radius 3 is 2.58 bits per heavy atom. The van der Waals surface area contributed by atoms with Crippen molar-refractivity contribution in [3.63, 3.8) is 0 Å². The third-order valence-corrected chi connectivity index (χ3v) is 4.31. The summed E-state index contributed by atoms with van der Waals surface area (Å²) in [5.74, 6) is 1.68. The van der Waals surface area contributed by atoms with Crippen LogP contribution in [0.25, 0.3) is 0 Å². The van der Waals surface area contributed by atoms with Gasteiger partial charge in [0.15, 0.2) is 5.82 Å². The molecule has 0 aliphatic heterocycles. The van der Waals surface area contributed by atoms with Crippen molar-refractivity contribution in [2.75, 3.05) is 24.7 Å². The zero-order chi connectivity index (χ0) is 17.5. The van der Waals surface area contributed by atoms with E-state index in [0.29, 0.717) is 17.3 Å². The Hall–Kier alpha value is -2.28. The number of likely N-dealkylation sites (N-methyl/N-ethyl adjacent to an activating group) is 1. The molecule has 128 valence electrons. The van der Waals surface area contributed by atoms with Gasteiger partial charge in [0.1, 0.15) is 5.76 Å². The highest BCUT2D eigenvalue weighted by Crippen LogP contribution is 2.13. The molecule has 0 spiro atoms. The Bertz CT molecular complexity index is 697. The molecule has 1 aromatic heterocycles. The third-order valence-electron chi connectivity index (χ3n) is 3.32. The van der Waals surface area contributed by atoms with Gasteiger partial charge >= 0.3 is 0 Å². The summed E-state index contributed by atoms with van der Waals surface area (Å²) in [5, 5.41) is 6.27. The average Bonchev–Trinajstić information content (AvgIpc) is 2.93. The molecule has 0 aliphatic carbocycles. The second kappa shape index (κ2) is 8.54. The number of rotatable bonds is 7. The molecule has 1 heterocycles. The number of nitrogens with zero attached hydrogens (tertiary/aromatic N) is 2. The summed E-state index contributed by atoms with van der Waals surface area (Å²) in [6.07, 6.45) is 0. The Morgan fingerprint density at radius 1 is 1.25 bits per heavy atom. The van der Waals surface area contributed by atoms with Crippen LogP contribution in [0.1, 0.15) is 16.9 Å². The predicted octanol–water partition coefficient (Wildman–Crippen LogP) is 2.62. The van der Waals surface area contributed by atoms with Gasteiger partial charge in [-0.25, -0.2) is 0 Å². The number of aryl methyl sites for hydroxylation is 2. The van der Waals surface area contributed by atoms with Crippen molar-refractivity contribution in [2.45, 2.75) is 19.6 Å². The van der Waals surface area contributed by atoms with E-state index in [4.69, 9.17) is 4.52 Å². The van der Waals surface area contributed by atoms with Crippen LogP contribution in [0.2, 0.25) is 0 Å². The normalized spacial score (nSPS) is 10.5. The lowest BCUT2D eigenvalue weighted by atomic mass is 10.2. The van der Waals surface area contributed by atoms with Crippen LogP contribution in [0, 0.1) is 13.8 Å². The van der Waals surface area contributed by atoms with E-state index < -0.39 is 0 Å². The molecule has 6 nitrogen and oxygen atoms in total. The van der Waals surface area contributed by atoms with Gasteiger partial charge in [-0.3, -0.25) is 9.59 Å². The van der Waals surface area contributed by atoms with Gasteiger partial charge < -0.3 is 14.7 Å². The Morgan fingerprint density at radius 2 is 1.96 bits per heavy atom. The van der Waals surface area contributed by atoms with Crippen molar-refractivity contribution >= 4 is 29.4 Å². The number of anilines is 1. The van der Waals surface area contributed by atoms with Gasteiger partial charge in [0.05, 0.1) is 12.3 Å². The number of aromatic nitrogens is 1. The van der Waals surface area contributed by atoms with Gasteiger partial charge in [0.2, 0.25) is 11.8 Å². The Kier molecular flexibility index (Phi) is 6.43. The first kappa shape index (κ1) is 18.1. The first-order valence-electron chi connectivity index (χ1n) is 7.54. The largest absolute Gasteiger partial charge is 0.360 e. The molecule has 0 unspecified atom stereocenters. The first-order chi connectivity index (χ1) is 11.4. The number of carbonyl (C=O) groups excluding carboxylic acids is 2. The predicted molar refractivity (Wildman–Crippen MR) is 94.8 cm³/mol. The lowest BCUT2D eigenvalue weighted by Gasteiger charge is -2.16. The number of nitrogens with one attached hydrogen (secondary N) is 1. The van der Waals surface area contributed by atoms with E-state index in [1.165, 1.54) is 27.8 Å². The van der Waals surface area contributed by atoms with E-state index in [0.717, 1.165) is 5.75 Å². The standard InChI is InChI=1S/C17H21N3O3S/c1-12-4-6-14(7-5-12)10-24-11-17(22)20(3)9-16(21)18-15-8-13(2)23-19-15/h4-8H,9-11H2,1-3H3,(H,18,19,21). The zero-order valence-corrected chi connectivity index (χ0v) is 14.9. The maximum atomic E-state index is 12.1. The maximum absolute atomic E-state index is 12.1. The van der Waals surface area contributed by atoms with Crippen LogP contribution >= 0.6 is 11.8 Å². The molecule has 2 amide bonds. The van der Waals surface area contributed by atoms with Gasteiger partial charge in [-0.05, 0) is 19.4 Å². The van der Waals surface area contributed by atoms with E-state index in [2.05, 4.69) is 34.7 Å². The van der Waals surface area contributed by atoms with Crippen LogP contribution < -0.4 is 5.32 Å². The number of benzene rings is 1. The molecule has 1 N–H and O–H groups in total. The number of thioether (sulfide) groups is 1. The summed E-state index contributed by atoms with van der Waals surface area (Å²) in [4.78, 5) is 25.3. The molecule has 0 aliphatic rings. The molecule has 2 aromatic rings. The fraction of sp³-hybridized carbons (Fsp3) is 0.353. The fourth-order valence-electron chi connectivity index (χ4n) is 1.96. The minimum atomic E-state index is -0.303. The van der Waals surface area contributed by atoms with Gasteiger partial charge in [0.25, 0.3) is 0 Å². The average molecular weight is 347 g/mol. The highest BCUT2D eigenvalue weighted by molar-refractivity contribution is 7.99. The van der Waals surface area contributed by atoms with Crippen LogP contribution in [-0.4, -0.2) is 41.2 Å². The lowest BCUT2D eigenvalue weighted by molar-refractivity contribution is -0.131. The molecule has 2 rings (SSSR count). The van der Waals surface area contributed by atoms with Crippen molar-refractivity contribution in [3.8, 4) is 0 Å². The van der Waals surface area contributed by atoms with Crippen LogP contribution in [0.15, 0.2) is 34.9 Å². The van der Waals surface area contributed by atoms with E-state index >= 15 is 0 Å². The van der Waals surface area contributed by atoms with Crippen molar-refractivity contribution in [3.05, 3.63) is 47.2 Å². The van der Waals surface area contributed by atoms with Crippen LogP contribution in [-0.2, 0) is 15.3 Å². The second-order valence-corrected chi connectivity index (χ2v) is 6.58. The zero-order valence-electron chi connectivity index (χ0n) is 14.0. The van der Waals surface area contributed by atoms with Crippen molar-refractivity contribution < 1.29 is 14.1 Å². The van der Waals surface area contributed by atoms with E-state index in [1.54, 1.807) is 20.0 Å². The molecule has 0 saturated heterocycles. The van der Waals surface area contributed by atoms with Gasteiger partial charge in [0, 0.05) is 18.9 Å². The van der Waals surface area contributed by atoms with Crippen LogP contribution in [0.5, 0.6) is 0 Å². The summed E-state index contributed by atoms with van der Waals surface area (Å²) in [7, 11) is 1.61. The van der Waals surface area contributed by atoms with Crippen molar-refractivity contribution in [1.82, 2.24) is 10.1 Å². The smallest absolute Gasteiger partial charge is 0.245 e. The highest BCUT2D eigenvalue weighted by Gasteiger charge is 2.14. The van der Waals surface area contributed by atoms with Gasteiger partial charge in [-0.15, -0.1) is 11.8 Å². The minimum Gasteiger partial charge on any atom is -0.360 e. The summed E-state index contributed by atoms with van der Waals surface area (Å²) in [6, 6.07) is 9.85. The van der Waals surface area contributed by atoms with Crippen LogP contribution in [0.4, 0.5) is 5.82 Å². The monoisotopic (exact) mass is 347 g/mol. The summed E-state index contributed by atoms with van der Waals surface area (Å²) in [6.45, 7) is 3.76. The quantitative estimate of drug-likeness (QED) is 0.833. The van der Waals surface area contributed by atoms with Gasteiger partial charge in [-0.2, -0.15) is 0 Å². The molecule has 0 bridgehead atoms. The summed E-state index contributed by atoms with van der Waals surface area (Å²) < 4.78 is 4.87. The van der Waals surface area contributed by atoms with Crippen molar-refractivity contribution in [1.29, 1.82) is 0 Å². The van der Waals surface area contributed by atoms with E-state index in [1.807, 2.05) is 6.92 Å². The van der Waals surface area contributed by atoms with E-state index in [9.17, 15) is 9.59 Å². The molecule has 0 fully saturated rings. The molecule has 0 radical (unpaired) electrons. The second-order valence-electron chi connectivity index (χ2n) is 5.60. The first-order valence-corrected chi connectivity index (χ1v) is 8.70. The molecular formula is C17H21N3O3S. The molecule has 0 saturated carbocycles. The molecular weight excluding hydrogens is 326 g/mol. The topological polar surface area (TPSA) is 75.4 Å². The van der Waals surface area contributed by atoms with Gasteiger partial charge in [-0.1, -0.05) is 35.0 Å². The maximum Gasteiger partial charge on any atom is 0.245 e. The fourth-order valence-corrected chi connectivity index (χ4v) is 2.89. The Balaban J connectivity index is 1.71. The van der Waals surface area contributed by atoms with E-state index in [-0.39, 0.29) is 18.4 Å². The Labute approximate surface area is 145 Å². The number of carbonyl (C=O) groups is 2. The molecule has 24 heavy (non-hydrogen) atoms. The molecule has 0 atom stereocenters. The molecule has 1 aromatic carbocycles.